The minimum atomic E-state index is -0.755. The van der Waals surface area contributed by atoms with Crippen molar-refractivity contribution in [2.45, 2.75) is 18.8 Å². The first-order valence-electron chi connectivity index (χ1n) is 7.95. The Bertz CT molecular complexity index is 954. The molecule has 2 heterocycles. The number of aromatic nitrogens is 2. The molecule has 2 aromatic carbocycles. The Balaban J connectivity index is 1.69. The summed E-state index contributed by atoms with van der Waals surface area (Å²) in [6.07, 6.45) is 0.338. The van der Waals surface area contributed by atoms with E-state index in [1.807, 2.05) is 49.4 Å². The highest BCUT2D eigenvalue weighted by atomic mass is 35.5. The van der Waals surface area contributed by atoms with Crippen LogP contribution in [0.1, 0.15) is 18.4 Å². The van der Waals surface area contributed by atoms with Gasteiger partial charge in [0.05, 0.1) is 5.41 Å². The van der Waals surface area contributed by atoms with Crippen LogP contribution in [0.4, 0.5) is 5.69 Å². The Kier molecular flexibility index (Phi) is 3.62. The number of fused-ring (bicyclic) bond motifs is 1. The van der Waals surface area contributed by atoms with Crippen molar-refractivity contribution in [3.63, 3.8) is 0 Å². The molecular formula is C19H16ClN3O2. The Hall–Kier alpha value is -2.66. The van der Waals surface area contributed by atoms with Crippen LogP contribution in [-0.4, -0.2) is 23.2 Å². The topological polar surface area (TPSA) is 59.2 Å². The molecule has 126 valence electrons. The van der Waals surface area contributed by atoms with E-state index in [9.17, 15) is 4.79 Å². The largest absolute Gasteiger partial charge is 0.421 e. The predicted molar refractivity (Wildman–Crippen MR) is 95.7 cm³/mol. The molecule has 0 N–H and O–H groups in total. The van der Waals surface area contributed by atoms with Crippen LogP contribution in [0.15, 0.2) is 52.9 Å². The molecule has 0 fully saturated rings. The Labute approximate surface area is 150 Å². The number of nitrogens with zero attached hydrogens (tertiary/aromatic N) is 3. The number of rotatable bonds is 3. The van der Waals surface area contributed by atoms with Crippen molar-refractivity contribution in [3.05, 3.63) is 65.0 Å². The van der Waals surface area contributed by atoms with Crippen LogP contribution in [-0.2, 0) is 16.6 Å². The minimum Gasteiger partial charge on any atom is -0.421 e. The summed E-state index contributed by atoms with van der Waals surface area (Å²) in [5.41, 5.74) is 1.84. The van der Waals surface area contributed by atoms with E-state index < -0.39 is 5.41 Å². The van der Waals surface area contributed by atoms with Crippen molar-refractivity contribution in [2.24, 2.45) is 0 Å². The maximum atomic E-state index is 12.9. The van der Waals surface area contributed by atoms with Crippen LogP contribution < -0.4 is 4.90 Å². The van der Waals surface area contributed by atoms with Gasteiger partial charge in [-0.3, -0.25) is 4.79 Å². The molecule has 5 nitrogen and oxygen atoms in total. The van der Waals surface area contributed by atoms with Crippen LogP contribution in [0.25, 0.3) is 11.5 Å². The smallest absolute Gasteiger partial charge is 0.247 e. The Morgan fingerprint density at radius 2 is 1.92 bits per heavy atom. The molecule has 1 aliphatic rings. The molecule has 0 saturated carbocycles. The third-order valence-corrected chi connectivity index (χ3v) is 4.92. The molecule has 6 heteroatoms. The Morgan fingerprint density at radius 1 is 1.16 bits per heavy atom. The Morgan fingerprint density at radius 3 is 2.68 bits per heavy atom. The number of anilines is 1. The molecule has 4 rings (SSSR count). The summed E-state index contributed by atoms with van der Waals surface area (Å²) >= 11 is 6.08. The molecular weight excluding hydrogens is 338 g/mol. The highest BCUT2D eigenvalue weighted by Crippen LogP contribution is 2.44. The van der Waals surface area contributed by atoms with Gasteiger partial charge >= 0.3 is 0 Å². The summed E-state index contributed by atoms with van der Waals surface area (Å²) in [4.78, 5) is 14.5. The van der Waals surface area contributed by atoms with E-state index in [2.05, 4.69) is 10.2 Å². The van der Waals surface area contributed by atoms with Crippen molar-refractivity contribution >= 4 is 23.2 Å². The molecule has 0 radical (unpaired) electrons. The zero-order valence-electron chi connectivity index (χ0n) is 13.9. The second kappa shape index (κ2) is 5.70. The quantitative estimate of drug-likeness (QED) is 0.717. The van der Waals surface area contributed by atoms with E-state index in [1.165, 1.54) is 0 Å². The van der Waals surface area contributed by atoms with Crippen LogP contribution in [0, 0.1) is 0 Å². The molecule has 3 aromatic rings. The van der Waals surface area contributed by atoms with Gasteiger partial charge in [-0.05, 0) is 36.8 Å². The van der Waals surface area contributed by atoms with Gasteiger partial charge in [-0.15, -0.1) is 10.2 Å². The van der Waals surface area contributed by atoms with Gasteiger partial charge in [0.25, 0.3) is 0 Å². The van der Waals surface area contributed by atoms with Gasteiger partial charge in [-0.2, -0.15) is 0 Å². The van der Waals surface area contributed by atoms with Crippen molar-refractivity contribution in [1.29, 1.82) is 0 Å². The number of halogens is 1. The average Bonchev–Trinajstić information content (AvgIpc) is 3.15. The first-order chi connectivity index (χ1) is 12.0. The summed E-state index contributed by atoms with van der Waals surface area (Å²) in [5, 5.41) is 8.85. The van der Waals surface area contributed by atoms with Gasteiger partial charge in [0.1, 0.15) is 0 Å². The van der Waals surface area contributed by atoms with Crippen molar-refractivity contribution < 1.29 is 9.21 Å². The van der Waals surface area contributed by atoms with E-state index >= 15 is 0 Å². The van der Waals surface area contributed by atoms with E-state index in [-0.39, 0.29) is 5.91 Å². The summed E-state index contributed by atoms with van der Waals surface area (Å²) in [5.74, 6) is 0.879. The lowest BCUT2D eigenvalue weighted by Gasteiger charge is -2.21. The number of benzene rings is 2. The predicted octanol–water partition coefficient (Wildman–Crippen LogP) is 3.87. The average molecular weight is 354 g/mol. The fourth-order valence-corrected chi connectivity index (χ4v) is 3.51. The van der Waals surface area contributed by atoms with E-state index in [4.69, 9.17) is 16.0 Å². The summed E-state index contributed by atoms with van der Waals surface area (Å²) in [7, 11) is 1.76. The van der Waals surface area contributed by atoms with Gasteiger partial charge in [0, 0.05) is 29.7 Å². The zero-order chi connectivity index (χ0) is 17.6. The van der Waals surface area contributed by atoms with Crippen LogP contribution in [0.5, 0.6) is 0 Å². The van der Waals surface area contributed by atoms with E-state index in [1.54, 1.807) is 18.0 Å². The van der Waals surface area contributed by atoms with Crippen molar-refractivity contribution in [1.82, 2.24) is 10.2 Å². The molecule has 1 amide bonds. The number of hydrogen-bond acceptors (Lipinski definition) is 4. The molecule has 0 aliphatic carbocycles. The lowest BCUT2D eigenvalue weighted by molar-refractivity contribution is -0.122. The maximum Gasteiger partial charge on any atom is 0.247 e. The molecule has 1 aromatic heterocycles. The van der Waals surface area contributed by atoms with E-state index in [0.717, 1.165) is 16.8 Å². The van der Waals surface area contributed by atoms with Gasteiger partial charge in [-0.1, -0.05) is 35.9 Å². The third kappa shape index (κ3) is 2.51. The number of carbonyl (C=O) groups excluding carboxylic acids is 1. The highest BCUT2D eigenvalue weighted by molar-refractivity contribution is 6.31. The number of likely N-dealkylation sites (N-methyl/N-ethyl adjacent to an activating group) is 1. The minimum absolute atomic E-state index is 0.00997. The molecule has 0 spiro atoms. The van der Waals surface area contributed by atoms with Gasteiger partial charge in [0.15, 0.2) is 0 Å². The monoisotopic (exact) mass is 353 g/mol. The zero-order valence-corrected chi connectivity index (χ0v) is 14.6. The van der Waals surface area contributed by atoms with Crippen LogP contribution in [0.3, 0.4) is 0 Å². The molecule has 1 atom stereocenters. The molecule has 1 aliphatic heterocycles. The van der Waals surface area contributed by atoms with Gasteiger partial charge in [-0.25, -0.2) is 0 Å². The van der Waals surface area contributed by atoms with Crippen molar-refractivity contribution in [2.75, 3.05) is 11.9 Å². The van der Waals surface area contributed by atoms with Gasteiger partial charge in [0.2, 0.25) is 17.7 Å². The standard InChI is InChI=1S/C19H16ClN3O2/c1-19(14-9-8-13(20)10-15(14)23(2)18(19)24)11-16-21-22-17(25-16)12-6-4-3-5-7-12/h3-10H,11H2,1-2H3/t19-/m1/s1. The lowest BCUT2D eigenvalue weighted by atomic mass is 9.80. The highest BCUT2D eigenvalue weighted by Gasteiger charge is 2.47. The van der Waals surface area contributed by atoms with Gasteiger partial charge < -0.3 is 9.32 Å². The van der Waals surface area contributed by atoms with Crippen LogP contribution >= 0.6 is 11.6 Å². The third-order valence-electron chi connectivity index (χ3n) is 4.68. The number of carbonyl (C=O) groups is 1. The second-order valence-electron chi connectivity index (χ2n) is 6.40. The number of amides is 1. The first-order valence-corrected chi connectivity index (χ1v) is 8.33. The summed E-state index contributed by atoms with van der Waals surface area (Å²) < 4.78 is 5.80. The normalized spacial score (nSPS) is 19.3. The van der Waals surface area contributed by atoms with E-state index in [0.29, 0.717) is 23.2 Å². The fraction of sp³-hybridized carbons (Fsp3) is 0.211. The molecule has 0 saturated heterocycles. The maximum absolute atomic E-state index is 12.9. The van der Waals surface area contributed by atoms with Crippen molar-refractivity contribution in [3.8, 4) is 11.5 Å². The molecule has 25 heavy (non-hydrogen) atoms. The van der Waals surface area contributed by atoms with Crippen LogP contribution in [0.2, 0.25) is 5.02 Å². The molecule has 0 unspecified atom stereocenters. The summed E-state index contributed by atoms with van der Waals surface area (Å²) in [6.45, 7) is 1.90. The lowest BCUT2D eigenvalue weighted by Crippen LogP contribution is -2.37. The SMILES string of the molecule is CN1C(=O)[C@](C)(Cc2nnc(-c3ccccc3)o2)c2ccc(Cl)cc21. The molecule has 0 bridgehead atoms. The summed E-state index contributed by atoms with van der Waals surface area (Å²) in [6, 6.07) is 15.1. The second-order valence-corrected chi connectivity index (χ2v) is 6.84. The number of hydrogen-bond donors (Lipinski definition) is 0. The fourth-order valence-electron chi connectivity index (χ4n) is 3.34. The first kappa shape index (κ1) is 15.8.